The molecule has 2 aromatic rings. The Kier molecular flexibility index (Phi) is 3.31. The molecule has 17 heavy (non-hydrogen) atoms. The normalized spacial score (nSPS) is 12.8. The number of halogens is 1. The summed E-state index contributed by atoms with van der Waals surface area (Å²) in [6, 6.07) is 3.67. The van der Waals surface area contributed by atoms with E-state index in [0.717, 1.165) is 21.4 Å². The minimum Gasteiger partial charge on any atom is -0.389 e. The molecule has 0 saturated heterocycles. The summed E-state index contributed by atoms with van der Waals surface area (Å²) in [4.78, 5) is 4.31. The lowest BCUT2D eigenvalue weighted by Crippen LogP contribution is -2.07. The number of aliphatic hydroxyl groups is 1. The molecule has 0 aliphatic carbocycles. The molecular formula is C12H14BrN3O. The van der Waals surface area contributed by atoms with Crippen LogP contribution in [0.1, 0.15) is 30.0 Å². The van der Waals surface area contributed by atoms with Crippen LogP contribution in [0, 0.1) is 13.8 Å². The van der Waals surface area contributed by atoms with Crippen molar-refractivity contribution in [2.75, 3.05) is 0 Å². The molecule has 1 N–H and O–H groups in total. The van der Waals surface area contributed by atoms with Crippen molar-refractivity contribution in [3.8, 4) is 5.82 Å². The second-order valence-electron chi connectivity index (χ2n) is 3.99. The van der Waals surface area contributed by atoms with E-state index in [2.05, 4.69) is 26.0 Å². The molecule has 1 atom stereocenters. The Bertz CT molecular complexity index is 549. The van der Waals surface area contributed by atoms with Crippen molar-refractivity contribution in [3.63, 3.8) is 0 Å². The van der Waals surface area contributed by atoms with Gasteiger partial charge in [-0.1, -0.05) is 6.07 Å². The molecule has 0 spiro atoms. The monoisotopic (exact) mass is 295 g/mol. The van der Waals surface area contributed by atoms with E-state index < -0.39 is 6.10 Å². The van der Waals surface area contributed by atoms with Gasteiger partial charge < -0.3 is 5.11 Å². The first kappa shape index (κ1) is 12.3. The van der Waals surface area contributed by atoms with Crippen LogP contribution in [-0.2, 0) is 0 Å². The lowest BCUT2D eigenvalue weighted by molar-refractivity contribution is 0.198. The van der Waals surface area contributed by atoms with E-state index in [-0.39, 0.29) is 0 Å². The van der Waals surface area contributed by atoms with Crippen LogP contribution in [0.5, 0.6) is 0 Å². The number of hydrogen-bond acceptors (Lipinski definition) is 3. The maximum atomic E-state index is 9.74. The SMILES string of the molecule is Cc1nn(-c2ncccc2C(C)O)c(C)c1Br. The van der Waals surface area contributed by atoms with E-state index in [1.807, 2.05) is 26.0 Å². The molecule has 5 heteroatoms. The molecule has 0 aromatic carbocycles. The lowest BCUT2D eigenvalue weighted by atomic mass is 10.1. The molecular weight excluding hydrogens is 282 g/mol. The molecule has 0 fully saturated rings. The number of rotatable bonds is 2. The summed E-state index contributed by atoms with van der Waals surface area (Å²) in [7, 11) is 0. The van der Waals surface area contributed by atoms with Gasteiger partial charge >= 0.3 is 0 Å². The van der Waals surface area contributed by atoms with Crippen LogP contribution in [0.15, 0.2) is 22.8 Å². The molecule has 0 amide bonds. The fourth-order valence-electron chi connectivity index (χ4n) is 1.74. The summed E-state index contributed by atoms with van der Waals surface area (Å²) in [5, 5.41) is 14.2. The second kappa shape index (κ2) is 4.58. The molecule has 90 valence electrons. The van der Waals surface area contributed by atoms with Crippen molar-refractivity contribution in [1.82, 2.24) is 14.8 Å². The predicted octanol–water partition coefficient (Wildman–Crippen LogP) is 2.70. The van der Waals surface area contributed by atoms with Crippen LogP contribution in [0.3, 0.4) is 0 Å². The third-order valence-corrected chi connectivity index (χ3v) is 3.82. The van der Waals surface area contributed by atoms with Gasteiger partial charge in [0.15, 0.2) is 5.82 Å². The van der Waals surface area contributed by atoms with Crippen LogP contribution in [0.4, 0.5) is 0 Å². The molecule has 0 radical (unpaired) electrons. The highest BCUT2D eigenvalue weighted by Crippen LogP contribution is 2.25. The highest BCUT2D eigenvalue weighted by molar-refractivity contribution is 9.10. The Labute approximate surface area is 108 Å². The molecule has 0 saturated carbocycles. The molecule has 0 bridgehead atoms. The summed E-state index contributed by atoms with van der Waals surface area (Å²) in [6.45, 7) is 5.62. The van der Waals surface area contributed by atoms with Crippen molar-refractivity contribution in [2.45, 2.75) is 26.9 Å². The smallest absolute Gasteiger partial charge is 0.159 e. The molecule has 0 aliphatic rings. The van der Waals surface area contributed by atoms with Gasteiger partial charge in [0.2, 0.25) is 0 Å². The Hall–Kier alpha value is -1.20. The fraction of sp³-hybridized carbons (Fsp3) is 0.333. The zero-order chi connectivity index (χ0) is 12.6. The van der Waals surface area contributed by atoms with Gasteiger partial charge in [0, 0.05) is 11.8 Å². The van der Waals surface area contributed by atoms with Crippen LogP contribution >= 0.6 is 15.9 Å². The topological polar surface area (TPSA) is 50.9 Å². The van der Waals surface area contributed by atoms with Gasteiger partial charge in [-0.05, 0) is 42.8 Å². The van der Waals surface area contributed by atoms with Crippen molar-refractivity contribution in [1.29, 1.82) is 0 Å². The number of aliphatic hydroxyl groups excluding tert-OH is 1. The predicted molar refractivity (Wildman–Crippen MR) is 69.2 cm³/mol. The van der Waals surface area contributed by atoms with E-state index in [0.29, 0.717) is 5.82 Å². The molecule has 2 rings (SSSR count). The van der Waals surface area contributed by atoms with E-state index in [4.69, 9.17) is 0 Å². The van der Waals surface area contributed by atoms with Gasteiger partial charge in [-0.25, -0.2) is 9.67 Å². The minimum atomic E-state index is -0.568. The largest absolute Gasteiger partial charge is 0.389 e. The molecule has 2 heterocycles. The zero-order valence-electron chi connectivity index (χ0n) is 9.98. The Morgan fingerprint density at radius 3 is 2.65 bits per heavy atom. The molecule has 4 nitrogen and oxygen atoms in total. The van der Waals surface area contributed by atoms with Crippen molar-refractivity contribution in [2.24, 2.45) is 0 Å². The first-order chi connectivity index (χ1) is 8.02. The number of hydrogen-bond donors (Lipinski definition) is 1. The van der Waals surface area contributed by atoms with Crippen molar-refractivity contribution < 1.29 is 5.11 Å². The van der Waals surface area contributed by atoms with Crippen molar-refractivity contribution >= 4 is 15.9 Å². The third kappa shape index (κ3) is 2.12. The molecule has 1 unspecified atom stereocenters. The van der Waals surface area contributed by atoms with Crippen LogP contribution in [0.25, 0.3) is 5.82 Å². The maximum absolute atomic E-state index is 9.74. The summed E-state index contributed by atoms with van der Waals surface area (Å²) in [5.74, 6) is 0.675. The number of aryl methyl sites for hydroxylation is 1. The van der Waals surface area contributed by atoms with Crippen LogP contribution in [-0.4, -0.2) is 19.9 Å². The summed E-state index contributed by atoms with van der Waals surface area (Å²) < 4.78 is 2.72. The van der Waals surface area contributed by atoms with Crippen molar-refractivity contribution in [3.05, 3.63) is 39.8 Å². The number of aromatic nitrogens is 3. The lowest BCUT2D eigenvalue weighted by Gasteiger charge is -2.11. The summed E-state index contributed by atoms with van der Waals surface area (Å²) >= 11 is 3.49. The first-order valence-electron chi connectivity index (χ1n) is 5.37. The van der Waals surface area contributed by atoms with Gasteiger partial charge in [-0.3, -0.25) is 0 Å². The van der Waals surface area contributed by atoms with Gasteiger partial charge in [-0.15, -0.1) is 0 Å². The highest BCUT2D eigenvalue weighted by Gasteiger charge is 2.16. The number of nitrogens with zero attached hydrogens (tertiary/aromatic N) is 3. The number of pyridine rings is 1. The molecule has 2 aromatic heterocycles. The quantitative estimate of drug-likeness (QED) is 0.927. The van der Waals surface area contributed by atoms with Crippen LogP contribution < -0.4 is 0 Å². The molecule has 0 aliphatic heterocycles. The third-order valence-electron chi connectivity index (χ3n) is 2.67. The highest BCUT2D eigenvalue weighted by atomic mass is 79.9. The standard InChI is InChI=1S/C12H14BrN3O/c1-7-11(13)8(2)16(15-7)12-10(9(3)17)5-4-6-14-12/h4-6,9,17H,1-3H3. The second-order valence-corrected chi connectivity index (χ2v) is 4.78. The van der Waals surface area contributed by atoms with E-state index in [1.54, 1.807) is 17.8 Å². The fourth-order valence-corrected chi connectivity index (χ4v) is 1.99. The van der Waals surface area contributed by atoms with Gasteiger partial charge in [0.05, 0.1) is 22.0 Å². The Balaban J connectivity index is 2.64. The Morgan fingerprint density at radius 2 is 2.12 bits per heavy atom. The average molecular weight is 296 g/mol. The van der Waals surface area contributed by atoms with Gasteiger partial charge in [0.1, 0.15) is 0 Å². The first-order valence-corrected chi connectivity index (χ1v) is 6.16. The van der Waals surface area contributed by atoms with E-state index >= 15 is 0 Å². The minimum absolute atomic E-state index is 0.568. The maximum Gasteiger partial charge on any atom is 0.159 e. The van der Waals surface area contributed by atoms with E-state index in [9.17, 15) is 5.11 Å². The van der Waals surface area contributed by atoms with Gasteiger partial charge in [-0.2, -0.15) is 5.10 Å². The Morgan fingerprint density at radius 1 is 1.41 bits per heavy atom. The van der Waals surface area contributed by atoms with Crippen LogP contribution in [0.2, 0.25) is 0 Å². The van der Waals surface area contributed by atoms with E-state index in [1.165, 1.54) is 0 Å². The summed E-state index contributed by atoms with van der Waals surface area (Å²) in [5.41, 5.74) is 2.65. The van der Waals surface area contributed by atoms with Gasteiger partial charge in [0.25, 0.3) is 0 Å². The summed E-state index contributed by atoms with van der Waals surface area (Å²) in [6.07, 6.45) is 1.13. The average Bonchev–Trinajstić information content (AvgIpc) is 2.57. The zero-order valence-corrected chi connectivity index (χ0v) is 11.6.